The minimum absolute atomic E-state index is 0.0223. The molecule has 2 heterocycles. The van der Waals surface area contributed by atoms with E-state index in [4.69, 9.17) is 10.5 Å². The first-order valence-electron chi connectivity index (χ1n) is 8.51. The lowest BCUT2D eigenvalue weighted by atomic mass is 9.93. The van der Waals surface area contributed by atoms with Crippen molar-refractivity contribution in [2.45, 2.75) is 25.3 Å². The van der Waals surface area contributed by atoms with Gasteiger partial charge in [-0.25, -0.2) is 0 Å². The molecule has 0 aromatic heterocycles. The zero-order valence-corrected chi connectivity index (χ0v) is 14.1. The van der Waals surface area contributed by atoms with Gasteiger partial charge in [0.15, 0.2) is 0 Å². The number of primary amides is 1. The van der Waals surface area contributed by atoms with Crippen molar-refractivity contribution in [3.05, 3.63) is 29.8 Å². The number of methoxy groups -OCH3 is 1. The Labute approximate surface area is 142 Å². The quantitative estimate of drug-likeness (QED) is 0.859. The molecule has 0 atom stereocenters. The van der Waals surface area contributed by atoms with Crippen LogP contribution < -0.4 is 10.5 Å². The third-order valence-corrected chi connectivity index (χ3v) is 5.18. The summed E-state index contributed by atoms with van der Waals surface area (Å²) >= 11 is 0. The fourth-order valence-corrected chi connectivity index (χ4v) is 3.47. The van der Waals surface area contributed by atoms with E-state index in [9.17, 15) is 9.59 Å². The van der Waals surface area contributed by atoms with Crippen LogP contribution >= 0.6 is 0 Å². The number of piperidine rings is 1. The van der Waals surface area contributed by atoms with E-state index in [1.807, 2.05) is 29.2 Å². The molecular formula is C18H25N3O3. The zero-order valence-electron chi connectivity index (χ0n) is 14.1. The molecule has 6 heteroatoms. The number of amides is 2. The summed E-state index contributed by atoms with van der Waals surface area (Å²) < 4.78 is 5.13. The van der Waals surface area contributed by atoms with Crippen LogP contribution in [0.3, 0.4) is 0 Å². The van der Waals surface area contributed by atoms with E-state index < -0.39 is 0 Å². The molecule has 2 N–H and O–H groups in total. The molecule has 0 radical (unpaired) electrons. The molecule has 24 heavy (non-hydrogen) atoms. The minimum Gasteiger partial charge on any atom is -0.497 e. The van der Waals surface area contributed by atoms with Crippen LogP contribution in [0.4, 0.5) is 0 Å². The number of rotatable bonds is 5. The SMILES string of the molecule is COc1ccc(CC(=O)N2CC(N3CCC(C(N)=O)CC3)C2)cc1. The van der Waals surface area contributed by atoms with Crippen LogP contribution in [0.2, 0.25) is 0 Å². The lowest BCUT2D eigenvalue weighted by Crippen LogP contribution is -2.62. The van der Waals surface area contributed by atoms with Gasteiger partial charge in [-0.1, -0.05) is 12.1 Å². The molecule has 130 valence electrons. The minimum atomic E-state index is -0.181. The molecule has 2 amide bonds. The zero-order chi connectivity index (χ0) is 17.1. The predicted molar refractivity (Wildman–Crippen MR) is 90.6 cm³/mol. The number of benzene rings is 1. The van der Waals surface area contributed by atoms with E-state index >= 15 is 0 Å². The van der Waals surface area contributed by atoms with Crippen molar-refractivity contribution in [3.63, 3.8) is 0 Å². The summed E-state index contributed by atoms with van der Waals surface area (Å²) in [6.07, 6.45) is 2.11. The van der Waals surface area contributed by atoms with Crippen molar-refractivity contribution in [1.82, 2.24) is 9.80 Å². The smallest absolute Gasteiger partial charge is 0.227 e. The maximum absolute atomic E-state index is 12.3. The van der Waals surface area contributed by atoms with Gasteiger partial charge in [-0.15, -0.1) is 0 Å². The van der Waals surface area contributed by atoms with Crippen LogP contribution in [-0.4, -0.2) is 60.9 Å². The molecular weight excluding hydrogens is 306 g/mol. The largest absolute Gasteiger partial charge is 0.497 e. The number of ether oxygens (including phenoxy) is 1. The molecule has 2 saturated heterocycles. The van der Waals surface area contributed by atoms with E-state index in [2.05, 4.69) is 4.90 Å². The van der Waals surface area contributed by atoms with E-state index in [1.54, 1.807) is 7.11 Å². The van der Waals surface area contributed by atoms with Gasteiger partial charge >= 0.3 is 0 Å². The summed E-state index contributed by atoms with van der Waals surface area (Å²) in [6.45, 7) is 3.38. The Morgan fingerprint density at radius 3 is 2.33 bits per heavy atom. The Morgan fingerprint density at radius 2 is 1.79 bits per heavy atom. The van der Waals surface area contributed by atoms with Gasteiger partial charge < -0.3 is 15.4 Å². The highest BCUT2D eigenvalue weighted by molar-refractivity contribution is 5.79. The summed E-state index contributed by atoms with van der Waals surface area (Å²) in [7, 11) is 1.63. The Hall–Kier alpha value is -2.08. The van der Waals surface area contributed by atoms with Crippen LogP contribution in [-0.2, 0) is 16.0 Å². The van der Waals surface area contributed by atoms with Crippen molar-refractivity contribution >= 4 is 11.8 Å². The first-order valence-corrected chi connectivity index (χ1v) is 8.51. The van der Waals surface area contributed by atoms with E-state index in [-0.39, 0.29) is 17.7 Å². The average Bonchev–Trinajstić information content (AvgIpc) is 2.54. The maximum Gasteiger partial charge on any atom is 0.227 e. The first-order chi connectivity index (χ1) is 11.6. The van der Waals surface area contributed by atoms with Gasteiger partial charge in [-0.3, -0.25) is 14.5 Å². The second-order valence-electron chi connectivity index (χ2n) is 6.69. The fraction of sp³-hybridized carbons (Fsp3) is 0.556. The Morgan fingerprint density at radius 1 is 1.17 bits per heavy atom. The van der Waals surface area contributed by atoms with Gasteiger partial charge in [0.2, 0.25) is 11.8 Å². The number of nitrogens with zero attached hydrogens (tertiary/aromatic N) is 2. The third-order valence-electron chi connectivity index (χ3n) is 5.18. The van der Waals surface area contributed by atoms with Crippen LogP contribution in [0, 0.1) is 5.92 Å². The third kappa shape index (κ3) is 3.70. The van der Waals surface area contributed by atoms with Crippen molar-refractivity contribution in [2.75, 3.05) is 33.3 Å². The molecule has 1 aromatic carbocycles. The van der Waals surface area contributed by atoms with Gasteiger partial charge in [0.25, 0.3) is 0 Å². The lowest BCUT2D eigenvalue weighted by molar-refractivity contribution is -0.138. The normalized spacial score (nSPS) is 19.8. The molecule has 6 nitrogen and oxygen atoms in total. The number of carbonyl (C=O) groups is 2. The summed E-state index contributed by atoms with van der Waals surface area (Å²) in [5, 5.41) is 0. The number of likely N-dealkylation sites (tertiary alicyclic amines) is 2. The van der Waals surface area contributed by atoms with E-state index in [1.165, 1.54) is 0 Å². The maximum atomic E-state index is 12.3. The molecule has 0 saturated carbocycles. The van der Waals surface area contributed by atoms with Gasteiger partial charge in [0.1, 0.15) is 5.75 Å². The molecule has 0 unspecified atom stereocenters. The average molecular weight is 331 g/mol. The molecule has 0 bridgehead atoms. The van der Waals surface area contributed by atoms with Gasteiger partial charge in [0.05, 0.1) is 13.5 Å². The molecule has 0 aliphatic carbocycles. The molecule has 2 aliphatic heterocycles. The van der Waals surface area contributed by atoms with E-state index in [0.29, 0.717) is 12.5 Å². The second-order valence-corrected chi connectivity index (χ2v) is 6.69. The molecule has 1 aromatic rings. The first kappa shape index (κ1) is 16.8. The number of carbonyl (C=O) groups excluding carboxylic acids is 2. The fourth-order valence-electron chi connectivity index (χ4n) is 3.47. The lowest BCUT2D eigenvalue weighted by Gasteiger charge is -2.47. The number of hydrogen-bond acceptors (Lipinski definition) is 4. The van der Waals surface area contributed by atoms with Crippen molar-refractivity contribution in [1.29, 1.82) is 0 Å². The Kier molecular flexibility index (Phi) is 5.04. The highest BCUT2D eigenvalue weighted by Crippen LogP contribution is 2.23. The summed E-state index contributed by atoms with van der Waals surface area (Å²) in [4.78, 5) is 27.8. The molecule has 2 aliphatic rings. The highest BCUT2D eigenvalue weighted by Gasteiger charge is 2.36. The molecule has 0 spiro atoms. The number of hydrogen-bond donors (Lipinski definition) is 1. The van der Waals surface area contributed by atoms with Crippen molar-refractivity contribution in [2.24, 2.45) is 11.7 Å². The van der Waals surface area contributed by atoms with Crippen LogP contribution in [0.25, 0.3) is 0 Å². The van der Waals surface area contributed by atoms with Gasteiger partial charge in [-0.2, -0.15) is 0 Å². The number of nitrogens with two attached hydrogens (primary N) is 1. The van der Waals surface area contributed by atoms with Gasteiger partial charge in [-0.05, 0) is 43.6 Å². The van der Waals surface area contributed by atoms with E-state index in [0.717, 1.165) is 50.3 Å². The highest BCUT2D eigenvalue weighted by atomic mass is 16.5. The topological polar surface area (TPSA) is 75.9 Å². The van der Waals surface area contributed by atoms with Crippen molar-refractivity contribution in [3.8, 4) is 5.75 Å². The van der Waals surface area contributed by atoms with Crippen LogP contribution in [0.5, 0.6) is 5.75 Å². The molecule has 2 fully saturated rings. The summed E-state index contributed by atoms with van der Waals surface area (Å²) in [5.74, 6) is 0.812. The van der Waals surface area contributed by atoms with Gasteiger partial charge in [0, 0.05) is 25.0 Å². The van der Waals surface area contributed by atoms with Crippen molar-refractivity contribution < 1.29 is 14.3 Å². The Bertz CT molecular complexity index is 588. The Balaban J connectivity index is 1.43. The second kappa shape index (κ2) is 7.21. The van der Waals surface area contributed by atoms with Crippen LogP contribution in [0.1, 0.15) is 18.4 Å². The summed E-state index contributed by atoms with van der Waals surface area (Å²) in [6, 6.07) is 8.05. The predicted octanol–water partition coefficient (Wildman–Crippen LogP) is 0.646. The standard InChI is InChI=1S/C18H25N3O3/c1-24-16-4-2-13(3-5-16)10-17(22)21-11-15(12-21)20-8-6-14(7-9-20)18(19)23/h2-5,14-15H,6-12H2,1H3,(H2,19,23). The monoisotopic (exact) mass is 331 g/mol. The summed E-state index contributed by atoms with van der Waals surface area (Å²) in [5.41, 5.74) is 6.38. The molecule has 3 rings (SSSR count). The van der Waals surface area contributed by atoms with Crippen LogP contribution in [0.15, 0.2) is 24.3 Å².